The van der Waals surface area contributed by atoms with E-state index in [4.69, 9.17) is 27.9 Å². The molecule has 0 fully saturated rings. The van der Waals surface area contributed by atoms with E-state index in [-0.39, 0.29) is 0 Å². The number of rotatable bonds is 7. The van der Waals surface area contributed by atoms with Crippen molar-refractivity contribution in [2.45, 2.75) is 26.1 Å². The number of benzene rings is 3. The molecule has 0 bridgehead atoms. The summed E-state index contributed by atoms with van der Waals surface area (Å²) in [6.45, 7) is 3.31. The van der Waals surface area contributed by atoms with Crippen LogP contribution in [-0.4, -0.2) is 0 Å². The number of hydrogen-bond donors (Lipinski definition) is 1. The van der Waals surface area contributed by atoms with Gasteiger partial charge >= 0.3 is 0 Å². The van der Waals surface area contributed by atoms with Crippen molar-refractivity contribution in [1.29, 1.82) is 0 Å². The first-order valence-electron chi connectivity index (χ1n) is 8.56. The minimum atomic E-state index is 0.300. The third-order valence-corrected chi connectivity index (χ3v) is 4.99. The highest BCUT2D eigenvalue weighted by molar-refractivity contribution is 6.35. The molecule has 0 aliphatic carbocycles. The van der Waals surface area contributed by atoms with E-state index >= 15 is 0 Å². The maximum Gasteiger partial charge on any atom is 0.119 e. The minimum absolute atomic E-state index is 0.300. The second-order valence-corrected chi connectivity index (χ2v) is 6.96. The molecule has 0 saturated heterocycles. The molecule has 0 amide bonds. The molecular weight excluding hydrogens is 365 g/mol. The summed E-state index contributed by atoms with van der Waals surface area (Å²) in [6, 6.07) is 24.2. The lowest BCUT2D eigenvalue weighted by molar-refractivity contribution is 0.306. The molecule has 1 atom stereocenters. The van der Waals surface area contributed by atoms with Crippen LogP contribution in [-0.2, 0) is 13.2 Å². The minimum Gasteiger partial charge on any atom is -0.489 e. The van der Waals surface area contributed by atoms with Gasteiger partial charge in [-0.05, 0) is 42.3 Å². The molecule has 0 spiro atoms. The maximum atomic E-state index is 6.17. The monoisotopic (exact) mass is 385 g/mol. The van der Waals surface area contributed by atoms with Crippen molar-refractivity contribution in [3.05, 3.63) is 99.5 Å². The van der Waals surface area contributed by atoms with Crippen LogP contribution >= 0.6 is 23.2 Å². The van der Waals surface area contributed by atoms with E-state index in [2.05, 4.69) is 48.6 Å². The van der Waals surface area contributed by atoms with Crippen LogP contribution in [0.2, 0.25) is 10.0 Å². The predicted octanol–water partition coefficient (Wildman–Crippen LogP) is 6.42. The van der Waals surface area contributed by atoms with Crippen LogP contribution in [0.1, 0.15) is 29.7 Å². The molecule has 0 aliphatic heterocycles. The van der Waals surface area contributed by atoms with E-state index in [0.29, 0.717) is 22.7 Å². The lowest BCUT2D eigenvalue weighted by Gasteiger charge is -2.14. The molecule has 1 N–H and O–H groups in total. The van der Waals surface area contributed by atoms with Crippen LogP contribution in [0.5, 0.6) is 5.75 Å². The average molecular weight is 386 g/mol. The number of ether oxygens (including phenoxy) is 1. The van der Waals surface area contributed by atoms with Crippen molar-refractivity contribution in [3.8, 4) is 5.75 Å². The Bertz CT molecular complexity index is 814. The van der Waals surface area contributed by atoms with E-state index in [1.165, 1.54) is 11.1 Å². The molecule has 0 heterocycles. The van der Waals surface area contributed by atoms with E-state index in [1.54, 1.807) is 0 Å². The lowest BCUT2D eigenvalue weighted by Crippen LogP contribution is -2.17. The quantitative estimate of drug-likeness (QED) is 0.506. The van der Waals surface area contributed by atoms with Crippen LogP contribution in [0.25, 0.3) is 0 Å². The van der Waals surface area contributed by atoms with Gasteiger partial charge in [0.1, 0.15) is 12.4 Å². The molecule has 0 aliphatic rings. The zero-order chi connectivity index (χ0) is 18.4. The Morgan fingerprint density at radius 2 is 1.50 bits per heavy atom. The molecular formula is C22H21Cl2NO. The molecule has 4 heteroatoms. The van der Waals surface area contributed by atoms with Crippen molar-refractivity contribution in [3.63, 3.8) is 0 Å². The molecule has 2 nitrogen and oxygen atoms in total. The van der Waals surface area contributed by atoms with Gasteiger partial charge in [0.2, 0.25) is 0 Å². The predicted molar refractivity (Wildman–Crippen MR) is 109 cm³/mol. The fourth-order valence-corrected chi connectivity index (χ4v) is 3.17. The van der Waals surface area contributed by atoms with Crippen LogP contribution in [0.4, 0.5) is 0 Å². The Labute approximate surface area is 164 Å². The highest BCUT2D eigenvalue weighted by Crippen LogP contribution is 2.26. The van der Waals surface area contributed by atoms with Gasteiger partial charge in [-0.15, -0.1) is 0 Å². The number of halogens is 2. The van der Waals surface area contributed by atoms with Gasteiger partial charge < -0.3 is 10.1 Å². The van der Waals surface area contributed by atoms with Gasteiger partial charge in [0.25, 0.3) is 0 Å². The maximum absolute atomic E-state index is 6.17. The molecule has 0 radical (unpaired) electrons. The van der Waals surface area contributed by atoms with Crippen LogP contribution in [0.15, 0.2) is 72.8 Å². The van der Waals surface area contributed by atoms with Gasteiger partial charge in [0, 0.05) is 28.2 Å². The average Bonchev–Trinajstić information content (AvgIpc) is 2.67. The van der Waals surface area contributed by atoms with Gasteiger partial charge in [0.05, 0.1) is 0 Å². The lowest BCUT2D eigenvalue weighted by atomic mass is 10.1. The number of hydrogen-bond acceptors (Lipinski definition) is 2. The third-order valence-electron chi connectivity index (χ3n) is 4.28. The largest absolute Gasteiger partial charge is 0.489 e. The summed E-state index contributed by atoms with van der Waals surface area (Å²) in [5.74, 6) is 0.792. The number of nitrogens with one attached hydrogen (secondary N) is 1. The Kier molecular flexibility index (Phi) is 6.56. The molecule has 0 unspecified atom stereocenters. The van der Waals surface area contributed by atoms with Gasteiger partial charge in [-0.25, -0.2) is 0 Å². The van der Waals surface area contributed by atoms with Gasteiger partial charge in [-0.3, -0.25) is 0 Å². The summed E-state index contributed by atoms with van der Waals surface area (Å²) < 4.78 is 5.81. The van der Waals surface area contributed by atoms with E-state index < -0.39 is 0 Å². The summed E-state index contributed by atoms with van der Waals surface area (Å²) in [5.41, 5.74) is 3.29. The topological polar surface area (TPSA) is 21.3 Å². The first-order chi connectivity index (χ1) is 12.6. The Balaban J connectivity index is 1.54. The summed E-state index contributed by atoms with van der Waals surface area (Å²) in [7, 11) is 0. The third kappa shape index (κ3) is 5.01. The molecule has 3 rings (SSSR count). The first-order valence-corrected chi connectivity index (χ1v) is 9.32. The van der Waals surface area contributed by atoms with E-state index in [9.17, 15) is 0 Å². The fourth-order valence-electron chi connectivity index (χ4n) is 2.66. The van der Waals surface area contributed by atoms with Crippen molar-refractivity contribution >= 4 is 23.2 Å². The highest BCUT2D eigenvalue weighted by atomic mass is 35.5. The van der Waals surface area contributed by atoms with E-state index in [1.807, 2.05) is 36.4 Å². The van der Waals surface area contributed by atoms with Crippen molar-refractivity contribution < 1.29 is 4.74 Å². The van der Waals surface area contributed by atoms with Crippen LogP contribution in [0, 0.1) is 0 Å². The Hall–Kier alpha value is -2.00. The zero-order valence-electron chi connectivity index (χ0n) is 14.6. The Morgan fingerprint density at radius 1 is 0.846 bits per heavy atom. The molecule has 0 saturated carbocycles. The van der Waals surface area contributed by atoms with Crippen molar-refractivity contribution in [2.75, 3.05) is 0 Å². The molecule has 3 aromatic rings. The van der Waals surface area contributed by atoms with Crippen molar-refractivity contribution in [2.24, 2.45) is 0 Å². The summed E-state index contributed by atoms with van der Waals surface area (Å²) >= 11 is 12.3. The summed E-state index contributed by atoms with van der Waals surface area (Å²) in [5, 5.41) is 4.77. The molecule has 134 valence electrons. The highest BCUT2D eigenvalue weighted by Gasteiger charge is 2.07. The zero-order valence-corrected chi connectivity index (χ0v) is 16.1. The normalized spacial score (nSPS) is 12.0. The van der Waals surface area contributed by atoms with Gasteiger partial charge in [-0.2, -0.15) is 0 Å². The van der Waals surface area contributed by atoms with Crippen molar-refractivity contribution in [1.82, 2.24) is 5.32 Å². The standard InChI is InChI=1S/C22H21Cl2NO/c1-16(18-6-3-2-4-7-18)25-14-17-10-12-19(13-11-17)26-15-20-21(23)8-5-9-22(20)24/h2-13,16,25H,14-15H2,1H3/t16-/m0/s1. The van der Waals surface area contributed by atoms with Gasteiger partial charge in [0.15, 0.2) is 0 Å². The molecule has 3 aromatic carbocycles. The fraction of sp³-hybridized carbons (Fsp3) is 0.182. The first kappa shape index (κ1) is 18.8. The van der Waals surface area contributed by atoms with Crippen LogP contribution in [0.3, 0.4) is 0 Å². The molecule has 0 aromatic heterocycles. The molecule has 26 heavy (non-hydrogen) atoms. The van der Waals surface area contributed by atoms with E-state index in [0.717, 1.165) is 17.9 Å². The SMILES string of the molecule is C[C@H](NCc1ccc(OCc2c(Cl)cccc2Cl)cc1)c1ccccc1. The van der Waals surface area contributed by atoms with Gasteiger partial charge in [-0.1, -0.05) is 71.7 Å². The second kappa shape index (κ2) is 9.09. The Morgan fingerprint density at radius 3 is 2.15 bits per heavy atom. The summed E-state index contributed by atoms with van der Waals surface area (Å²) in [6.07, 6.45) is 0. The van der Waals surface area contributed by atoms with Crippen LogP contribution < -0.4 is 10.1 Å². The summed E-state index contributed by atoms with van der Waals surface area (Å²) in [4.78, 5) is 0. The second-order valence-electron chi connectivity index (χ2n) is 6.15. The smallest absolute Gasteiger partial charge is 0.119 e.